The van der Waals surface area contributed by atoms with E-state index in [9.17, 15) is 0 Å². The first-order valence-electron chi connectivity index (χ1n) is 5.55. The molecular weight excluding hydrogens is 212 g/mol. The zero-order chi connectivity index (χ0) is 12.0. The topological polar surface area (TPSA) is 83.0 Å². The lowest BCUT2D eigenvalue weighted by atomic mass is 10.2. The summed E-state index contributed by atoms with van der Waals surface area (Å²) in [7, 11) is 3.64. The Morgan fingerprint density at radius 3 is 1.31 bits per heavy atom. The third kappa shape index (κ3) is 3.97. The van der Waals surface area contributed by atoms with E-state index in [4.69, 9.17) is 19.7 Å². The molecule has 2 heterocycles. The van der Waals surface area contributed by atoms with Crippen LogP contribution in [0.25, 0.3) is 0 Å². The van der Waals surface area contributed by atoms with Crippen LogP contribution in [0.3, 0.4) is 0 Å². The SMILES string of the molecule is CN[C@H]1COC[C@@H]1O.CN[C@H]1COC[C@H]1O. The van der Waals surface area contributed by atoms with Gasteiger partial charge in [0.25, 0.3) is 0 Å². The fourth-order valence-electron chi connectivity index (χ4n) is 1.64. The number of ether oxygens (including phenoxy) is 2. The van der Waals surface area contributed by atoms with Crippen LogP contribution in [0, 0.1) is 0 Å². The maximum atomic E-state index is 9.00. The molecule has 0 aliphatic carbocycles. The molecule has 0 unspecified atom stereocenters. The van der Waals surface area contributed by atoms with Crippen LogP contribution in [0.4, 0.5) is 0 Å². The van der Waals surface area contributed by atoms with Gasteiger partial charge in [-0.2, -0.15) is 0 Å². The maximum absolute atomic E-state index is 9.00. The molecule has 0 aromatic carbocycles. The molecule has 0 aromatic rings. The van der Waals surface area contributed by atoms with Gasteiger partial charge in [0.2, 0.25) is 0 Å². The average molecular weight is 234 g/mol. The monoisotopic (exact) mass is 234 g/mol. The van der Waals surface area contributed by atoms with Crippen LogP contribution in [-0.4, -0.2) is 75.0 Å². The van der Waals surface area contributed by atoms with Crippen LogP contribution in [0.5, 0.6) is 0 Å². The highest BCUT2D eigenvalue weighted by molar-refractivity contribution is 4.79. The third-order valence-corrected chi connectivity index (χ3v) is 2.84. The summed E-state index contributed by atoms with van der Waals surface area (Å²) < 4.78 is 9.90. The second-order valence-electron chi connectivity index (χ2n) is 4.00. The Bertz CT molecular complexity index is 174. The van der Waals surface area contributed by atoms with Crippen molar-refractivity contribution in [3.8, 4) is 0 Å². The molecule has 4 N–H and O–H groups in total. The van der Waals surface area contributed by atoms with E-state index < -0.39 is 0 Å². The van der Waals surface area contributed by atoms with E-state index in [1.54, 1.807) is 0 Å². The Kier molecular flexibility index (Phi) is 6.18. The van der Waals surface area contributed by atoms with Crippen molar-refractivity contribution in [1.82, 2.24) is 10.6 Å². The molecule has 0 bridgehead atoms. The first-order valence-corrected chi connectivity index (χ1v) is 5.55. The van der Waals surface area contributed by atoms with Gasteiger partial charge < -0.3 is 30.3 Å². The summed E-state index contributed by atoms with van der Waals surface area (Å²) in [6.07, 6.45) is -0.611. The Morgan fingerprint density at radius 1 is 0.812 bits per heavy atom. The van der Waals surface area contributed by atoms with Crippen molar-refractivity contribution in [3.05, 3.63) is 0 Å². The van der Waals surface area contributed by atoms with Gasteiger partial charge in [0.05, 0.1) is 50.7 Å². The smallest absolute Gasteiger partial charge is 0.0948 e. The fourth-order valence-corrected chi connectivity index (χ4v) is 1.64. The van der Waals surface area contributed by atoms with Gasteiger partial charge in [0.15, 0.2) is 0 Å². The largest absolute Gasteiger partial charge is 0.389 e. The molecule has 0 amide bonds. The summed E-state index contributed by atoms with van der Waals surface area (Å²) in [5, 5.41) is 23.9. The van der Waals surface area contributed by atoms with Crippen molar-refractivity contribution < 1.29 is 19.7 Å². The fraction of sp³-hybridized carbons (Fsp3) is 1.00. The molecule has 2 rings (SSSR count). The molecule has 0 radical (unpaired) electrons. The van der Waals surface area contributed by atoms with Crippen molar-refractivity contribution in [2.45, 2.75) is 24.3 Å². The normalized spacial score (nSPS) is 38.2. The summed E-state index contributed by atoms with van der Waals surface area (Å²) in [6, 6.07) is 0.296. The average Bonchev–Trinajstić information content (AvgIpc) is 2.87. The Labute approximate surface area is 95.9 Å². The summed E-state index contributed by atoms with van der Waals surface area (Å²) in [5.41, 5.74) is 0. The summed E-state index contributed by atoms with van der Waals surface area (Å²) in [6.45, 7) is 2.23. The molecule has 6 heteroatoms. The molecular formula is C10H22N2O4. The quantitative estimate of drug-likeness (QED) is 0.439. The van der Waals surface area contributed by atoms with Crippen LogP contribution >= 0.6 is 0 Å². The number of aliphatic hydroxyl groups excluding tert-OH is 2. The van der Waals surface area contributed by atoms with E-state index in [-0.39, 0.29) is 24.3 Å². The lowest BCUT2D eigenvalue weighted by Gasteiger charge is -2.08. The van der Waals surface area contributed by atoms with E-state index in [0.717, 1.165) is 0 Å². The molecule has 4 atom stereocenters. The minimum absolute atomic E-state index is 0.148. The van der Waals surface area contributed by atoms with Crippen LogP contribution in [0.15, 0.2) is 0 Å². The van der Waals surface area contributed by atoms with Crippen LogP contribution in [-0.2, 0) is 9.47 Å². The van der Waals surface area contributed by atoms with Crippen molar-refractivity contribution in [3.63, 3.8) is 0 Å². The minimum atomic E-state index is -0.306. The number of aliphatic hydroxyl groups is 2. The standard InChI is InChI=1S/2C5H11NO2/c2*1-6-4-2-8-3-5(4)7/h2*4-7H,2-3H2,1H3/t4-,5+;4-,5-/m00/s1. The van der Waals surface area contributed by atoms with Gasteiger partial charge >= 0.3 is 0 Å². The molecule has 2 aliphatic rings. The zero-order valence-electron chi connectivity index (χ0n) is 9.85. The van der Waals surface area contributed by atoms with Crippen molar-refractivity contribution in [1.29, 1.82) is 0 Å². The number of rotatable bonds is 2. The number of hydrogen-bond acceptors (Lipinski definition) is 6. The van der Waals surface area contributed by atoms with E-state index in [1.165, 1.54) is 0 Å². The van der Waals surface area contributed by atoms with E-state index in [2.05, 4.69) is 10.6 Å². The van der Waals surface area contributed by atoms with Crippen molar-refractivity contribution in [2.24, 2.45) is 0 Å². The Morgan fingerprint density at radius 2 is 1.19 bits per heavy atom. The number of nitrogens with one attached hydrogen (secondary N) is 2. The van der Waals surface area contributed by atoms with E-state index >= 15 is 0 Å². The predicted molar refractivity (Wildman–Crippen MR) is 59.3 cm³/mol. The van der Waals surface area contributed by atoms with Gasteiger partial charge in [-0.1, -0.05) is 0 Å². The maximum Gasteiger partial charge on any atom is 0.0948 e. The second-order valence-corrected chi connectivity index (χ2v) is 4.00. The van der Waals surface area contributed by atoms with Crippen molar-refractivity contribution >= 4 is 0 Å². The molecule has 0 spiro atoms. The molecule has 2 aliphatic heterocycles. The first-order chi connectivity index (χ1) is 7.69. The van der Waals surface area contributed by atoms with E-state index in [1.807, 2.05) is 14.1 Å². The van der Waals surface area contributed by atoms with Crippen molar-refractivity contribution in [2.75, 3.05) is 40.5 Å². The summed E-state index contributed by atoms with van der Waals surface area (Å²) in [4.78, 5) is 0. The highest BCUT2D eigenvalue weighted by Crippen LogP contribution is 2.03. The molecule has 16 heavy (non-hydrogen) atoms. The predicted octanol–water partition coefficient (Wildman–Crippen LogP) is -2.07. The minimum Gasteiger partial charge on any atom is -0.389 e. The highest BCUT2D eigenvalue weighted by Gasteiger charge is 2.24. The van der Waals surface area contributed by atoms with Crippen LogP contribution < -0.4 is 10.6 Å². The Hall–Kier alpha value is -0.240. The molecule has 2 fully saturated rings. The van der Waals surface area contributed by atoms with Gasteiger partial charge in [-0.3, -0.25) is 0 Å². The van der Waals surface area contributed by atoms with Crippen LogP contribution in [0.2, 0.25) is 0 Å². The lowest BCUT2D eigenvalue weighted by Crippen LogP contribution is -2.35. The van der Waals surface area contributed by atoms with Crippen LogP contribution in [0.1, 0.15) is 0 Å². The van der Waals surface area contributed by atoms with Gasteiger partial charge in [-0.05, 0) is 14.1 Å². The molecule has 2 saturated heterocycles. The zero-order valence-corrected chi connectivity index (χ0v) is 9.85. The van der Waals surface area contributed by atoms with Gasteiger partial charge in [0, 0.05) is 0 Å². The number of likely N-dealkylation sites (N-methyl/N-ethyl adjacent to an activating group) is 2. The molecule has 6 nitrogen and oxygen atoms in total. The lowest BCUT2D eigenvalue weighted by molar-refractivity contribution is 0.123. The van der Waals surface area contributed by atoms with Gasteiger partial charge in [-0.15, -0.1) is 0 Å². The first kappa shape index (κ1) is 13.8. The van der Waals surface area contributed by atoms with Gasteiger partial charge in [-0.25, -0.2) is 0 Å². The van der Waals surface area contributed by atoms with Gasteiger partial charge in [0.1, 0.15) is 0 Å². The highest BCUT2D eigenvalue weighted by atomic mass is 16.5. The number of hydrogen-bond donors (Lipinski definition) is 4. The third-order valence-electron chi connectivity index (χ3n) is 2.84. The molecule has 0 aromatic heterocycles. The second kappa shape index (κ2) is 7.16. The summed E-state index contributed by atoms with van der Waals surface area (Å²) >= 11 is 0. The Balaban J connectivity index is 0.000000160. The molecule has 0 saturated carbocycles. The summed E-state index contributed by atoms with van der Waals surface area (Å²) in [5.74, 6) is 0. The molecule has 96 valence electrons. The van der Waals surface area contributed by atoms with E-state index in [0.29, 0.717) is 26.4 Å².